The molecule has 1 aliphatic heterocycles. The molecule has 0 bridgehead atoms. The van der Waals surface area contributed by atoms with Gasteiger partial charge >= 0.3 is 0 Å². The van der Waals surface area contributed by atoms with Crippen molar-refractivity contribution in [3.63, 3.8) is 0 Å². The summed E-state index contributed by atoms with van der Waals surface area (Å²) in [5.74, 6) is 2.18. The van der Waals surface area contributed by atoms with Crippen molar-refractivity contribution in [2.45, 2.75) is 39.5 Å². The normalized spacial score (nSPS) is 15.3. The highest BCUT2D eigenvalue weighted by molar-refractivity contribution is 5.80. The molecule has 0 aliphatic carbocycles. The number of aromatic nitrogens is 1. The van der Waals surface area contributed by atoms with Gasteiger partial charge in [0.15, 0.2) is 5.96 Å². The average molecular weight is 412 g/mol. The molecule has 30 heavy (non-hydrogen) atoms. The number of oxazole rings is 1. The van der Waals surface area contributed by atoms with Crippen LogP contribution in [0.1, 0.15) is 37.4 Å². The van der Waals surface area contributed by atoms with Gasteiger partial charge in [0.25, 0.3) is 0 Å². The molecule has 1 fully saturated rings. The van der Waals surface area contributed by atoms with Gasteiger partial charge in [0.05, 0.1) is 5.69 Å². The third-order valence-corrected chi connectivity index (χ3v) is 5.48. The molecule has 0 radical (unpaired) electrons. The van der Waals surface area contributed by atoms with E-state index < -0.39 is 0 Å². The highest BCUT2D eigenvalue weighted by Gasteiger charge is 2.23. The highest BCUT2D eigenvalue weighted by atomic mass is 16.3. The molecule has 162 valence electrons. The smallest absolute Gasteiger partial charge is 0.226 e. The summed E-state index contributed by atoms with van der Waals surface area (Å²) in [6.07, 6.45) is 5.11. The molecule has 2 heterocycles. The first kappa shape index (κ1) is 21.9. The number of rotatable bonds is 7. The second kappa shape index (κ2) is 10.8. The van der Waals surface area contributed by atoms with Crippen LogP contribution in [-0.2, 0) is 11.2 Å². The predicted molar refractivity (Wildman–Crippen MR) is 119 cm³/mol. The van der Waals surface area contributed by atoms with Crippen molar-refractivity contribution < 1.29 is 9.21 Å². The van der Waals surface area contributed by atoms with Crippen LogP contribution in [0.25, 0.3) is 11.5 Å². The number of nitrogens with zero attached hydrogens (tertiary/aromatic N) is 3. The quantitative estimate of drug-likeness (QED) is 0.541. The Kier molecular flexibility index (Phi) is 7.88. The van der Waals surface area contributed by atoms with Gasteiger partial charge in [-0.2, -0.15) is 0 Å². The number of likely N-dealkylation sites (tertiary alicyclic amines) is 1. The van der Waals surface area contributed by atoms with Crippen molar-refractivity contribution in [2.24, 2.45) is 10.9 Å². The minimum Gasteiger partial charge on any atom is -0.444 e. The van der Waals surface area contributed by atoms with Gasteiger partial charge in [-0.1, -0.05) is 17.7 Å². The van der Waals surface area contributed by atoms with E-state index in [2.05, 4.69) is 46.5 Å². The number of carbonyl (C=O) groups is 1. The van der Waals surface area contributed by atoms with Crippen molar-refractivity contribution in [3.8, 4) is 11.5 Å². The molecular weight excluding hydrogens is 378 g/mol. The number of guanidine groups is 1. The molecule has 1 aromatic carbocycles. The summed E-state index contributed by atoms with van der Waals surface area (Å²) in [6.45, 7) is 7.48. The molecule has 0 atom stereocenters. The summed E-state index contributed by atoms with van der Waals surface area (Å²) in [7, 11) is 1.70. The lowest BCUT2D eigenvalue weighted by molar-refractivity contribution is -0.121. The number of hydrogen-bond donors (Lipinski definition) is 2. The Labute approximate surface area is 179 Å². The second-order valence-electron chi connectivity index (χ2n) is 7.80. The van der Waals surface area contributed by atoms with Crippen LogP contribution in [0.4, 0.5) is 0 Å². The van der Waals surface area contributed by atoms with Gasteiger partial charge in [0.2, 0.25) is 11.8 Å². The average Bonchev–Trinajstić information content (AvgIpc) is 3.23. The Hall–Kier alpha value is -2.83. The van der Waals surface area contributed by atoms with E-state index in [1.165, 1.54) is 5.56 Å². The van der Waals surface area contributed by atoms with E-state index >= 15 is 0 Å². The van der Waals surface area contributed by atoms with Gasteiger partial charge in [0, 0.05) is 51.6 Å². The van der Waals surface area contributed by atoms with Gasteiger partial charge in [-0.25, -0.2) is 4.98 Å². The summed E-state index contributed by atoms with van der Waals surface area (Å²) in [4.78, 5) is 23.3. The van der Waals surface area contributed by atoms with E-state index in [0.29, 0.717) is 24.8 Å². The standard InChI is InChI=1S/C23H33N5O2/c1-4-25-23(28-13-10-18(11-14-28)15-21(29)24-3)26-12-9-20-16-30-22(27-20)19-7-5-17(2)6-8-19/h5-8,16,18H,4,9-15H2,1-3H3,(H,24,29)(H,25,26). The molecule has 0 saturated carbocycles. The molecule has 0 spiro atoms. The molecule has 1 amide bonds. The van der Waals surface area contributed by atoms with Gasteiger partial charge in [-0.05, 0) is 44.7 Å². The lowest BCUT2D eigenvalue weighted by atomic mass is 9.93. The second-order valence-corrected chi connectivity index (χ2v) is 7.80. The summed E-state index contributed by atoms with van der Waals surface area (Å²) in [5.41, 5.74) is 3.12. The van der Waals surface area contributed by atoms with E-state index in [4.69, 9.17) is 9.41 Å². The first-order valence-corrected chi connectivity index (χ1v) is 10.8. The molecule has 1 aliphatic rings. The van der Waals surface area contributed by atoms with E-state index in [0.717, 1.165) is 56.1 Å². The van der Waals surface area contributed by atoms with Gasteiger partial charge < -0.3 is 20.0 Å². The zero-order valence-corrected chi connectivity index (χ0v) is 18.3. The van der Waals surface area contributed by atoms with E-state index in [1.54, 1.807) is 13.3 Å². The third kappa shape index (κ3) is 6.08. The first-order valence-electron chi connectivity index (χ1n) is 10.8. The first-order chi connectivity index (χ1) is 14.6. The highest BCUT2D eigenvalue weighted by Crippen LogP contribution is 2.21. The van der Waals surface area contributed by atoms with E-state index in [9.17, 15) is 4.79 Å². The number of carbonyl (C=O) groups excluding carboxylic acids is 1. The third-order valence-electron chi connectivity index (χ3n) is 5.48. The molecule has 2 aromatic rings. The monoisotopic (exact) mass is 411 g/mol. The van der Waals surface area contributed by atoms with Crippen LogP contribution >= 0.6 is 0 Å². The number of hydrogen-bond acceptors (Lipinski definition) is 4. The Morgan fingerprint density at radius 3 is 2.67 bits per heavy atom. The van der Waals surface area contributed by atoms with Crippen LogP contribution in [0.3, 0.4) is 0 Å². The van der Waals surface area contributed by atoms with Gasteiger partial charge in [0.1, 0.15) is 6.26 Å². The minimum absolute atomic E-state index is 0.131. The fourth-order valence-electron chi connectivity index (χ4n) is 3.67. The Bertz CT molecular complexity index is 836. The number of benzene rings is 1. The lowest BCUT2D eigenvalue weighted by Gasteiger charge is -2.34. The summed E-state index contributed by atoms with van der Waals surface area (Å²) >= 11 is 0. The Morgan fingerprint density at radius 2 is 2.00 bits per heavy atom. The maximum atomic E-state index is 11.6. The maximum absolute atomic E-state index is 11.6. The van der Waals surface area contributed by atoms with Crippen LogP contribution in [0, 0.1) is 12.8 Å². The molecule has 7 heteroatoms. The van der Waals surface area contributed by atoms with E-state index in [-0.39, 0.29) is 5.91 Å². The van der Waals surface area contributed by atoms with Crippen molar-refractivity contribution in [2.75, 3.05) is 33.2 Å². The van der Waals surface area contributed by atoms with Gasteiger partial charge in [-0.15, -0.1) is 0 Å². The van der Waals surface area contributed by atoms with Crippen LogP contribution in [-0.4, -0.2) is 55.0 Å². The van der Waals surface area contributed by atoms with Crippen LogP contribution in [0.5, 0.6) is 0 Å². The number of piperidine rings is 1. The van der Waals surface area contributed by atoms with Crippen LogP contribution in [0.2, 0.25) is 0 Å². The summed E-state index contributed by atoms with van der Waals surface area (Å²) < 4.78 is 5.65. The number of aliphatic imine (C=N–C) groups is 1. The van der Waals surface area contributed by atoms with Crippen LogP contribution < -0.4 is 10.6 Å². The molecule has 3 rings (SSSR count). The molecule has 2 N–H and O–H groups in total. The zero-order valence-electron chi connectivity index (χ0n) is 18.3. The Balaban J connectivity index is 1.53. The van der Waals surface area contributed by atoms with E-state index in [1.807, 2.05) is 12.1 Å². The molecule has 7 nitrogen and oxygen atoms in total. The predicted octanol–water partition coefficient (Wildman–Crippen LogP) is 3.01. The lowest BCUT2D eigenvalue weighted by Crippen LogP contribution is -2.46. The molecular formula is C23H33N5O2. The SMILES string of the molecule is CCNC(=NCCc1coc(-c2ccc(C)cc2)n1)N1CCC(CC(=O)NC)CC1. The van der Waals surface area contributed by atoms with Crippen LogP contribution in [0.15, 0.2) is 39.9 Å². The topological polar surface area (TPSA) is 82.8 Å². The molecule has 0 unspecified atom stereocenters. The van der Waals surface area contributed by atoms with Crippen molar-refractivity contribution in [1.82, 2.24) is 20.5 Å². The molecule has 1 saturated heterocycles. The largest absolute Gasteiger partial charge is 0.444 e. The zero-order chi connectivity index (χ0) is 21.3. The van der Waals surface area contributed by atoms with Gasteiger partial charge in [-0.3, -0.25) is 9.79 Å². The van der Waals surface area contributed by atoms with Crippen molar-refractivity contribution in [3.05, 3.63) is 41.8 Å². The fraction of sp³-hybridized carbons (Fsp3) is 0.522. The summed E-state index contributed by atoms with van der Waals surface area (Å²) in [6, 6.07) is 8.17. The fourth-order valence-corrected chi connectivity index (χ4v) is 3.67. The number of nitrogens with one attached hydrogen (secondary N) is 2. The number of aryl methyl sites for hydroxylation is 1. The minimum atomic E-state index is 0.131. The maximum Gasteiger partial charge on any atom is 0.226 e. The Morgan fingerprint density at radius 1 is 1.27 bits per heavy atom. The molecule has 1 aromatic heterocycles. The van der Waals surface area contributed by atoms with Crippen molar-refractivity contribution in [1.29, 1.82) is 0 Å². The number of amides is 1. The summed E-state index contributed by atoms with van der Waals surface area (Å²) in [5, 5.41) is 6.12. The van der Waals surface area contributed by atoms with Crippen molar-refractivity contribution >= 4 is 11.9 Å².